The Hall–Kier alpha value is -2.84. The van der Waals surface area contributed by atoms with E-state index in [0.717, 1.165) is 17.7 Å². The van der Waals surface area contributed by atoms with Gasteiger partial charge >= 0.3 is 0 Å². The summed E-state index contributed by atoms with van der Waals surface area (Å²) in [5.74, 6) is 1.34. The number of carbonyl (C=O) groups excluding carboxylic acids is 1. The Kier molecular flexibility index (Phi) is 5.18. The van der Waals surface area contributed by atoms with Gasteiger partial charge in [-0.15, -0.1) is 11.3 Å². The Morgan fingerprint density at radius 2 is 1.93 bits per heavy atom. The van der Waals surface area contributed by atoms with Gasteiger partial charge in [-0.1, -0.05) is 30.3 Å². The highest BCUT2D eigenvalue weighted by Crippen LogP contribution is 2.38. The number of hydrogen-bond acceptors (Lipinski definition) is 7. The zero-order chi connectivity index (χ0) is 20.5. The molecule has 154 valence electrons. The highest BCUT2D eigenvalue weighted by atomic mass is 32.1. The molecule has 0 bridgehead atoms. The molecule has 5 rings (SSSR count). The number of likely N-dealkylation sites (tertiary alicyclic amines) is 1. The number of hydrogen-bond donors (Lipinski definition) is 2. The standard InChI is InChI=1S/C22H23N5O2S/c28-19-9-16-12-27(11-15(16)8-17(19)25-20-10-23-6-7-24-20)22(29)21-26-18(13-30-21)14-4-2-1-3-5-14/h1-7,10,13,15-17,19,28H,8-9,11-12H2,(H,24,25)/t15-,16+,17-,19-/m1/s1. The maximum atomic E-state index is 13.1. The Balaban J connectivity index is 1.25. The maximum absolute atomic E-state index is 13.1. The fraction of sp³-hybridized carbons (Fsp3) is 0.364. The highest BCUT2D eigenvalue weighted by Gasteiger charge is 2.43. The SMILES string of the molecule is O=C(c1nc(-c2ccccc2)cs1)N1C[C@H]2C[C@@H](Nc3cnccn3)[C@H](O)C[C@H]2C1. The highest BCUT2D eigenvalue weighted by molar-refractivity contribution is 7.12. The summed E-state index contributed by atoms with van der Waals surface area (Å²) >= 11 is 1.40. The van der Waals surface area contributed by atoms with Crippen molar-refractivity contribution in [2.75, 3.05) is 18.4 Å². The van der Waals surface area contributed by atoms with Crippen LogP contribution in [0.1, 0.15) is 22.6 Å². The summed E-state index contributed by atoms with van der Waals surface area (Å²) in [7, 11) is 0. The van der Waals surface area contributed by atoms with Crippen molar-refractivity contribution in [3.05, 3.63) is 59.3 Å². The minimum atomic E-state index is -0.465. The summed E-state index contributed by atoms with van der Waals surface area (Å²) in [5, 5.41) is 16.4. The lowest BCUT2D eigenvalue weighted by molar-refractivity contribution is 0.0727. The summed E-state index contributed by atoms with van der Waals surface area (Å²) in [6.07, 6.45) is 5.94. The predicted octanol–water partition coefficient (Wildman–Crippen LogP) is 2.92. The van der Waals surface area contributed by atoms with E-state index >= 15 is 0 Å². The molecule has 1 amide bonds. The zero-order valence-corrected chi connectivity index (χ0v) is 17.2. The van der Waals surface area contributed by atoms with E-state index < -0.39 is 6.10 Å². The number of aliphatic hydroxyl groups excluding tert-OH is 1. The van der Waals surface area contributed by atoms with Gasteiger partial charge in [0.1, 0.15) is 5.82 Å². The van der Waals surface area contributed by atoms with Crippen LogP contribution in [-0.2, 0) is 0 Å². The molecular weight excluding hydrogens is 398 g/mol. The van der Waals surface area contributed by atoms with Crippen LogP contribution in [0.3, 0.4) is 0 Å². The normalized spacial score (nSPS) is 25.7. The lowest BCUT2D eigenvalue weighted by atomic mass is 9.77. The molecular formula is C22H23N5O2S. The van der Waals surface area contributed by atoms with Crippen LogP contribution in [0.25, 0.3) is 11.3 Å². The molecule has 7 nitrogen and oxygen atoms in total. The van der Waals surface area contributed by atoms with Crippen molar-refractivity contribution in [2.24, 2.45) is 11.8 Å². The Bertz CT molecular complexity index is 1010. The molecule has 1 saturated carbocycles. The third kappa shape index (κ3) is 3.80. The van der Waals surface area contributed by atoms with E-state index in [-0.39, 0.29) is 11.9 Å². The van der Waals surface area contributed by atoms with Crippen LogP contribution in [0, 0.1) is 11.8 Å². The summed E-state index contributed by atoms with van der Waals surface area (Å²) in [6.45, 7) is 1.38. The second kappa shape index (κ2) is 8.12. The number of carbonyl (C=O) groups is 1. The van der Waals surface area contributed by atoms with E-state index in [2.05, 4.69) is 20.3 Å². The van der Waals surface area contributed by atoms with Gasteiger partial charge in [0.05, 0.1) is 24.0 Å². The van der Waals surface area contributed by atoms with E-state index in [4.69, 9.17) is 0 Å². The van der Waals surface area contributed by atoms with Crippen molar-refractivity contribution < 1.29 is 9.90 Å². The lowest BCUT2D eigenvalue weighted by Gasteiger charge is -2.35. The monoisotopic (exact) mass is 421 g/mol. The van der Waals surface area contributed by atoms with Crippen LogP contribution in [-0.4, -0.2) is 56.1 Å². The first-order valence-electron chi connectivity index (χ1n) is 10.2. The van der Waals surface area contributed by atoms with E-state index in [1.807, 2.05) is 40.6 Å². The summed E-state index contributed by atoms with van der Waals surface area (Å²) in [4.78, 5) is 27.9. The van der Waals surface area contributed by atoms with E-state index in [9.17, 15) is 9.90 Å². The molecule has 1 aliphatic carbocycles. The van der Waals surface area contributed by atoms with E-state index in [1.54, 1.807) is 18.6 Å². The third-order valence-corrected chi connectivity index (χ3v) is 6.91. The van der Waals surface area contributed by atoms with Gasteiger partial charge in [0.15, 0.2) is 5.01 Å². The summed E-state index contributed by atoms with van der Waals surface area (Å²) in [5.41, 5.74) is 1.85. The molecule has 0 radical (unpaired) electrons. The second-order valence-electron chi connectivity index (χ2n) is 8.01. The van der Waals surface area contributed by atoms with Crippen LogP contribution >= 0.6 is 11.3 Å². The smallest absolute Gasteiger partial charge is 0.282 e. The fourth-order valence-corrected chi connectivity index (χ4v) is 5.36. The summed E-state index contributed by atoms with van der Waals surface area (Å²) in [6, 6.07) is 9.83. The van der Waals surface area contributed by atoms with Crippen LogP contribution < -0.4 is 5.32 Å². The topological polar surface area (TPSA) is 91.2 Å². The van der Waals surface area contributed by atoms with Crippen molar-refractivity contribution in [3.63, 3.8) is 0 Å². The Labute approximate surface area is 178 Å². The zero-order valence-electron chi connectivity index (χ0n) is 16.4. The van der Waals surface area contributed by atoms with Gasteiger partial charge < -0.3 is 15.3 Å². The number of anilines is 1. The Morgan fingerprint density at radius 1 is 1.13 bits per heavy atom. The van der Waals surface area contributed by atoms with Crippen LogP contribution in [0.4, 0.5) is 5.82 Å². The van der Waals surface area contributed by atoms with Gasteiger partial charge in [-0.05, 0) is 24.7 Å². The lowest BCUT2D eigenvalue weighted by Crippen LogP contribution is -2.43. The molecule has 2 fully saturated rings. The van der Waals surface area contributed by atoms with Gasteiger partial charge in [-0.25, -0.2) is 9.97 Å². The first-order chi connectivity index (χ1) is 14.7. The summed E-state index contributed by atoms with van der Waals surface area (Å²) < 4.78 is 0. The van der Waals surface area contributed by atoms with Crippen molar-refractivity contribution in [3.8, 4) is 11.3 Å². The van der Waals surface area contributed by atoms with Crippen molar-refractivity contribution in [1.29, 1.82) is 0 Å². The molecule has 30 heavy (non-hydrogen) atoms. The predicted molar refractivity (Wildman–Crippen MR) is 115 cm³/mol. The molecule has 2 N–H and O–H groups in total. The first kappa shape index (κ1) is 19.1. The molecule has 2 aliphatic rings. The molecule has 3 heterocycles. The van der Waals surface area contributed by atoms with Gasteiger partial charge in [-0.2, -0.15) is 0 Å². The van der Waals surface area contributed by atoms with E-state index in [1.165, 1.54) is 11.3 Å². The molecule has 1 aromatic carbocycles. The average Bonchev–Trinajstić information content (AvgIpc) is 3.42. The Morgan fingerprint density at radius 3 is 2.70 bits per heavy atom. The van der Waals surface area contributed by atoms with Gasteiger partial charge in [0.2, 0.25) is 0 Å². The largest absolute Gasteiger partial charge is 0.391 e. The number of nitrogens with one attached hydrogen (secondary N) is 1. The van der Waals surface area contributed by atoms with Crippen LogP contribution in [0.15, 0.2) is 54.3 Å². The quantitative estimate of drug-likeness (QED) is 0.673. The molecule has 8 heteroatoms. The molecule has 0 spiro atoms. The molecule has 1 saturated heterocycles. The molecule has 4 atom stereocenters. The van der Waals surface area contributed by atoms with Crippen LogP contribution in [0.5, 0.6) is 0 Å². The maximum Gasteiger partial charge on any atom is 0.282 e. The van der Waals surface area contributed by atoms with Crippen molar-refractivity contribution in [2.45, 2.75) is 25.0 Å². The number of fused-ring (bicyclic) bond motifs is 1. The number of benzene rings is 1. The average molecular weight is 422 g/mol. The number of thiazole rings is 1. The molecule has 0 unspecified atom stereocenters. The van der Waals surface area contributed by atoms with Gasteiger partial charge in [-0.3, -0.25) is 9.78 Å². The number of aliphatic hydroxyl groups is 1. The third-order valence-electron chi connectivity index (χ3n) is 6.08. The van der Waals surface area contributed by atoms with Gasteiger partial charge in [0, 0.05) is 36.4 Å². The second-order valence-corrected chi connectivity index (χ2v) is 8.87. The molecule has 3 aromatic rings. The number of aromatic nitrogens is 3. The number of amides is 1. The van der Waals surface area contributed by atoms with Gasteiger partial charge in [0.25, 0.3) is 5.91 Å². The fourth-order valence-electron chi connectivity index (χ4n) is 4.56. The molecule has 1 aliphatic heterocycles. The number of nitrogens with zero attached hydrogens (tertiary/aromatic N) is 4. The van der Waals surface area contributed by atoms with Crippen molar-refractivity contribution in [1.82, 2.24) is 19.9 Å². The number of rotatable bonds is 4. The minimum absolute atomic E-state index is 0.00972. The molecule has 2 aromatic heterocycles. The minimum Gasteiger partial charge on any atom is -0.391 e. The van der Waals surface area contributed by atoms with E-state index in [0.29, 0.717) is 42.2 Å². The first-order valence-corrected chi connectivity index (χ1v) is 11.1. The van der Waals surface area contributed by atoms with Crippen molar-refractivity contribution >= 4 is 23.1 Å². The van der Waals surface area contributed by atoms with Crippen LogP contribution in [0.2, 0.25) is 0 Å².